The first kappa shape index (κ1) is 8.20. The van der Waals surface area contributed by atoms with Gasteiger partial charge in [-0.2, -0.15) is 0 Å². The molecule has 2 aromatic rings. The van der Waals surface area contributed by atoms with E-state index in [4.69, 9.17) is 5.11 Å². The highest BCUT2D eigenvalue weighted by Gasteiger charge is 1.98. The van der Waals surface area contributed by atoms with E-state index in [2.05, 4.69) is 11.9 Å². The molecule has 0 bridgehead atoms. The van der Waals surface area contributed by atoms with Gasteiger partial charge in [-0.05, 0) is 30.2 Å². The minimum atomic E-state index is 0.0750. The van der Waals surface area contributed by atoms with Gasteiger partial charge in [0.15, 0.2) is 0 Å². The molecular formula is C11H11NO. The quantitative estimate of drug-likeness (QED) is 0.715. The number of pyridine rings is 1. The van der Waals surface area contributed by atoms with Crippen LogP contribution < -0.4 is 0 Å². The van der Waals surface area contributed by atoms with Crippen LogP contribution in [0.5, 0.6) is 0 Å². The molecule has 0 aliphatic heterocycles. The highest BCUT2D eigenvalue weighted by molar-refractivity contribution is 5.82. The zero-order chi connectivity index (χ0) is 9.26. The van der Waals surface area contributed by atoms with Crippen molar-refractivity contribution in [3.8, 4) is 0 Å². The Bertz CT molecular complexity index is 437. The lowest BCUT2D eigenvalue weighted by atomic mass is 10.1. The summed E-state index contributed by atoms with van der Waals surface area (Å²) >= 11 is 0. The Balaban J connectivity index is 2.72. The lowest BCUT2D eigenvalue weighted by Crippen LogP contribution is -1.86. The van der Waals surface area contributed by atoms with Crippen molar-refractivity contribution < 1.29 is 5.11 Å². The standard InChI is InChI=1S/C11H11NO/c1-8-4-5-12-11-6-9(7-13)2-3-10(8)11/h2-6,13H,7H2,1H3. The molecule has 0 radical (unpaired) electrons. The Morgan fingerprint density at radius 1 is 1.31 bits per heavy atom. The normalized spacial score (nSPS) is 10.6. The monoisotopic (exact) mass is 173 g/mol. The molecule has 13 heavy (non-hydrogen) atoms. The number of benzene rings is 1. The van der Waals surface area contributed by atoms with Gasteiger partial charge < -0.3 is 5.11 Å². The number of hydrogen-bond donors (Lipinski definition) is 1. The molecule has 1 N–H and O–H groups in total. The van der Waals surface area contributed by atoms with Crippen molar-refractivity contribution in [2.45, 2.75) is 13.5 Å². The molecule has 0 aliphatic rings. The summed E-state index contributed by atoms with van der Waals surface area (Å²) in [4.78, 5) is 4.24. The summed E-state index contributed by atoms with van der Waals surface area (Å²) in [5, 5.41) is 10.1. The van der Waals surface area contributed by atoms with E-state index in [0.717, 1.165) is 16.5 Å². The molecule has 0 unspecified atom stereocenters. The first-order chi connectivity index (χ1) is 6.31. The van der Waals surface area contributed by atoms with Crippen LogP contribution in [-0.2, 0) is 6.61 Å². The second-order valence-electron chi connectivity index (χ2n) is 3.14. The van der Waals surface area contributed by atoms with Gasteiger partial charge in [-0.25, -0.2) is 0 Å². The maximum Gasteiger partial charge on any atom is 0.0708 e. The van der Waals surface area contributed by atoms with Crippen LogP contribution in [0.1, 0.15) is 11.1 Å². The minimum absolute atomic E-state index is 0.0750. The number of aliphatic hydroxyl groups excluding tert-OH is 1. The summed E-state index contributed by atoms with van der Waals surface area (Å²) in [6, 6.07) is 7.84. The van der Waals surface area contributed by atoms with Gasteiger partial charge in [0.25, 0.3) is 0 Å². The smallest absolute Gasteiger partial charge is 0.0708 e. The van der Waals surface area contributed by atoms with E-state index >= 15 is 0 Å². The summed E-state index contributed by atoms with van der Waals surface area (Å²) in [6.07, 6.45) is 1.79. The largest absolute Gasteiger partial charge is 0.392 e. The zero-order valence-electron chi connectivity index (χ0n) is 7.49. The molecule has 0 amide bonds. The van der Waals surface area contributed by atoms with Crippen molar-refractivity contribution >= 4 is 10.9 Å². The van der Waals surface area contributed by atoms with E-state index in [1.54, 1.807) is 6.20 Å². The second-order valence-corrected chi connectivity index (χ2v) is 3.14. The first-order valence-corrected chi connectivity index (χ1v) is 4.26. The fourth-order valence-electron chi connectivity index (χ4n) is 1.43. The van der Waals surface area contributed by atoms with E-state index in [1.807, 2.05) is 24.3 Å². The van der Waals surface area contributed by atoms with E-state index in [0.29, 0.717) is 0 Å². The van der Waals surface area contributed by atoms with Crippen molar-refractivity contribution in [1.82, 2.24) is 4.98 Å². The lowest BCUT2D eigenvalue weighted by molar-refractivity contribution is 0.282. The van der Waals surface area contributed by atoms with Crippen molar-refractivity contribution in [1.29, 1.82) is 0 Å². The summed E-state index contributed by atoms with van der Waals surface area (Å²) < 4.78 is 0. The van der Waals surface area contributed by atoms with Gasteiger partial charge in [-0.15, -0.1) is 0 Å². The Morgan fingerprint density at radius 2 is 2.15 bits per heavy atom. The van der Waals surface area contributed by atoms with E-state index in [9.17, 15) is 0 Å². The molecule has 2 nitrogen and oxygen atoms in total. The minimum Gasteiger partial charge on any atom is -0.392 e. The zero-order valence-corrected chi connectivity index (χ0v) is 7.49. The van der Waals surface area contributed by atoms with Gasteiger partial charge in [-0.3, -0.25) is 4.98 Å². The summed E-state index contributed by atoms with van der Waals surface area (Å²) in [7, 11) is 0. The maximum atomic E-state index is 8.94. The third-order valence-electron chi connectivity index (χ3n) is 2.21. The molecule has 0 fully saturated rings. The fraction of sp³-hybridized carbons (Fsp3) is 0.182. The number of nitrogens with zero attached hydrogens (tertiary/aromatic N) is 1. The van der Waals surface area contributed by atoms with Crippen molar-refractivity contribution in [3.05, 3.63) is 41.6 Å². The van der Waals surface area contributed by atoms with E-state index in [1.165, 1.54) is 5.56 Å². The van der Waals surface area contributed by atoms with Gasteiger partial charge in [0, 0.05) is 11.6 Å². The van der Waals surface area contributed by atoms with Gasteiger partial charge >= 0.3 is 0 Å². The topological polar surface area (TPSA) is 33.1 Å². The SMILES string of the molecule is Cc1ccnc2cc(CO)ccc12. The second kappa shape index (κ2) is 3.15. The van der Waals surface area contributed by atoms with Crippen LogP contribution in [0.3, 0.4) is 0 Å². The number of aliphatic hydroxyl groups is 1. The Labute approximate surface area is 76.9 Å². The van der Waals surface area contributed by atoms with Gasteiger partial charge in [0.2, 0.25) is 0 Å². The molecule has 2 rings (SSSR count). The maximum absolute atomic E-state index is 8.94. The van der Waals surface area contributed by atoms with Crippen molar-refractivity contribution in [3.63, 3.8) is 0 Å². The molecule has 1 aromatic heterocycles. The highest BCUT2D eigenvalue weighted by Crippen LogP contribution is 2.17. The third kappa shape index (κ3) is 1.40. The fourth-order valence-corrected chi connectivity index (χ4v) is 1.43. The van der Waals surface area contributed by atoms with Gasteiger partial charge in [0.1, 0.15) is 0 Å². The van der Waals surface area contributed by atoms with Crippen LogP contribution in [0.15, 0.2) is 30.5 Å². The van der Waals surface area contributed by atoms with Crippen LogP contribution in [0.4, 0.5) is 0 Å². The Hall–Kier alpha value is -1.41. The average molecular weight is 173 g/mol. The number of aryl methyl sites for hydroxylation is 1. The molecule has 0 saturated carbocycles. The number of hydrogen-bond acceptors (Lipinski definition) is 2. The molecule has 1 heterocycles. The molecule has 0 atom stereocenters. The third-order valence-corrected chi connectivity index (χ3v) is 2.21. The van der Waals surface area contributed by atoms with Crippen molar-refractivity contribution in [2.24, 2.45) is 0 Å². The number of fused-ring (bicyclic) bond motifs is 1. The highest BCUT2D eigenvalue weighted by atomic mass is 16.3. The average Bonchev–Trinajstić information content (AvgIpc) is 2.18. The van der Waals surface area contributed by atoms with Crippen LogP contribution in [0.2, 0.25) is 0 Å². The lowest BCUT2D eigenvalue weighted by Gasteiger charge is -2.02. The van der Waals surface area contributed by atoms with Crippen molar-refractivity contribution in [2.75, 3.05) is 0 Å². The van der Waals surface area contributed by atoms with E-state index < -0.39 is 0 Å². The number of aromatic nitrogens is 1. The molecule has 2 heteroatoms. The predicted octanol–water partition coefficient (Wildman–Crippen LogP) is 2.04. The summed E-state index contributed by atoms with van der Waals surface area (Å²) in [5.41, 5.74) is 3.08. The Morgan fingerprint density at radius 3 is 2.92 bits per heavy atom. The van der Waals surface area contributed by atoms with Crippen LogP contribution in [0.25, 0.3) is 10.9 Å². The van der Waals surface area contributed by atoms with Crippen LogP contribution in [-0.4, -0.2) is 10.1 Å². The van der Waals surface area contributed by atoms with Gasteiger partial charge in [-0.1, -0.05) is 12.1 Å². The molecule has 0 spiro atoms. The van der Waals surface area contributed by atoms with Gasteiger partial charge in [0.05, 0.1) is 12.1 Å². The summed E-state index contributed by atoms with van der Waals surface area (Å²) in [6.45, 7) is 2.13. The predicted molar refractivity (Wildman–Crippen MR) is 52.4 cm³/mol. The number of rotatable bonds is 1. The van der Waals surface area contributed by atoms with Crippen LogP contribution >= 0.6 is 0 Å². The first-order valence-electron chi connectivity index (χ1n) is 4.26. The molecule has 66 valence electrons. The molecule has 0 aliphatic carbocycles. The van der Waals surface area contributed by atoms with E-state index in [-0.39, 0.29) is 6.61 Å². The van der Waals surface area contributed by atoms with Crippen LogP contribution in [0, 0.1) is 6.92 Å². The Kier molecular flexibility index (Phi) is 1.99. The molecule has 0 saturated heterocycles. The molecule has 1 aromatic carbocycles. The molecular weight excluding hydrogens is 162 g/mol. The summed E-state index contributed by atoms with van der Waals surface area (Å²) in [5.74, 6) is 0.